The second-order valence-electron chi connectivity index (χ2n) is 10.1. The fourth-order valence-electron chi connectivity index (χ4n) is 4.95. The quantitative estimate of drug-likeness (QED) is 0.623. The molecule has 2 aliphatic rings. The highest BCUT2D eigenvalue weighted by molar-refractivity contribution is 5.37. The molecule has 1 aromatic carbocycles. The lowest BCUT2D eigenvalue weighted by molar-refractivity contribution is -0.0449. The number of benzene rings is 1. The zero-order chi connectivity index (χ0) is 25.0. The van der Waals surface area contributed by atoms with Gasteiger partial charge in [0.2, 0.25) is 0 Å². The molecule has 1 unspecified atom stereocenters. The fraction of sp³-hybridized carbons (Fsp3) is 0.577. The van der Waals surface area contributed by atoms with Gasteiger partial charge in [0, 0.05) is 44.8 Å². The topological polar surface area (TPSA) is 115 Å². The summed E-state index contributed by atoms with van der Waals surface area (Å²) in [6.07, 6.45) is 4.31. The van der Waals surface area contributed by atoms with Gasteiger partial charge in [-0.2, -0.15) is 5.26 Å². The number of hydrogen-bond acceptors (Lipinski definition) is 7. The van der Waals surface area contributed by atoms with Crippen molar-refractivity contribution in [1.82, 2.24) is 14.5 Å². The van der Waals surface area contributed by atoms with Crippen LogP contribution in [0.15, 0.2) is 39.9 Å². The highest BCUT2D eigenvalue weighted by atomic mass is 16.5. The summed E-state index contributed by atoms with van der Waals surface area (Å²) < 4.78 is 7.40. The Kier molecular flexibility index (Phi) is 7.63. The van der Waals surface area contributed by atoms with E-state index >= 15 is 0 Å². The van der Waals surface area contributed by atoms with Crippen LogP contribution in [0, 0.1) is 11.3 Å². The molecular weight excluding hydrogens is 446 g/mol. The second-order valence-corrected chi connectivity index (χ2v) is 10.1. The average Bonchev–Trinajstić information content (AvgIpc) is 2.85. The summed E-state index contributed by atoms with van der Waals surface area (Å²) in [5.74, 6) is 1.17. The molecule has 9 heteroatoms. The van der Waals surface area contributed by atoms with Crippen molar-refractivity contribution in [2.75, 3.05) is 37.6 Å². The Hall–Kier alpha value is -3.09. The number of aromatic amines is 1. The number of anilines is 1. The van der Waals surface area contributed by atoms with E-state index in [-0.39, 0.29) is 17.3 Å². The van der Waals surface area contributed by atoms with Gasteiger partial charge in [-0.25, -0.2) is 4.79 Å². The van der Waals surface area contributed by atoms with E-state index in [1.54, 1.807) is 30.3 Å². The van der Waals surface area contributed by atoms with Gasteiger partial charge in [-0.3, -0.25) is 19.2 Å². The number of nitriles is 1. The minimum atomic E-state index is -0.819. The number of ether oxygens (including phenoxy) is 1. The van der Waals surface area contributed by atoms with E-state index in [9.17, 15) is 14.7 Å². The number of nitrogens with one attached hydrogen (secondary N) is 1. The Morgan fingerprint density at radius 3 is 2.37 bits per heavy atom. The van der Waals surface area contributed by atoms with Gasteiger partial charge in [-0.15, -0.1) is 0 Å². The summed E-state index contributed by atoms with van der Waals surface area (Å²) in [6, 6.07) is 10.5. The Morgan fingerprint density at radius 2 is 1.77 bits per heavy atom. The minimum Gasteiger partial charge on any atom is -0.485 e. The predicted molar refractivity (Wildman–Crippen MR) is 134 cm³/mol. The van der Waals surface area contributed by atoms with Crippen LogP contribution in [0.4, 0.5) is 5.82 Å². The van der Waals surface area contributed by atoms with Crippen LogP contribution in [0.25, 0.3) is 0 Å². The molecule has 0 amide bonds. The van der Waals surface area contributed by atoms with Crippen LogP contribution < -0.4 is 20.9 Å². The molecule has 1 aromatic heterocycles. The molecule has 1 aliphatic heterocycles. The van der Waals surface area contributed by atoms with E-state index in [0.717, 1.165) is 25.7 Å². The van der Waals surface area contributed by atoms with Crippen LogP contribution in [-0.4, -0.2) is 64.0 Å². The molecule has 9 nitrogen and oxygen atoms in total. The molecule has 188 valence electrons. The van der Waals surface area contributed by atoms with Gasteiger partial charge in [-0.05, 0) is 51.0 Å². The maximum Gasteiger partial charge on any atom is 0.330 e. The van der Waals surface area contributed by atoms with Crippen molar-refractivity contribution in [1.29, 1.82) is 5.26 Å². The van der Waals surface area contributed by atoms with E-state index < -0.39 is 11.7 Å². The Morgan fingerprint density at radius 1 is 1.11 bits per heavy atom. The molecule has 1 saturated carbocycles. The van der Waals surface area contributed by atoms with E-state index in [1.807, 2.05) is 18.7 Å². The fourth-order valence-corrected chi connectivity index (χ4v) is 4.95. The van der Waals surface area contributed by atoms with Crippen molar-refractivity contribution in [3.05, 3.63) is 56.7 Å². The number of nitrogens with zero attached hydrogens (tertiary/aromatic N) is 4. The van der Waals surface area contributed by atoms with Crippen molar-refractivity contribution in [2.24, 2.45) is 0 Å². The van der Waals surface area contributed by atoms with Crippen molar-refractivity contribution in [3.8, 4) is 11.8 Å². The van der Waals surface area contributed by atoms with Gasteiger partial charge >= 0.3 is 5.69 Å². The monoisotopic (exact) mass is 481 g/mol. The number of piperazine rings is 1. The predicted octanol–water partition coefficient (Wildman–Crippen LogP) is 2.25. The number of aromatic nitrogens is 2. The van der Waals surface area contributed by atoms with Crippen molar-refractivity contribution < 1.29 is 9.84 Å². The Bertz CT molecular complexity index is 1120. The molecule has 0 bridgehead atoms. The van der Waals surface area contributed by atoms with Gasteiger partial charge < -0.3 is 14.7 Å². The minimum absolute atomic E-state index is 0.00207. The zero-order valence-electron chi connectivity index (χ0n) is 20.6. The normalized spacial score (nSPS) is 18.7. The first kappa shape index (κ1) is 25.0. The number of aliphatic hydroxyl groups excluding tert-OH is 1. The van der Waals surface area contributed by atoms with Gasteiger partial charge in [0.05, 0.1) is 11.6 Å². The van der Waals surface area contributed by atoms with Crippen LogP contribution in [-0.2, 0) is 0 Å². The second kappa shape index (κ2) is 10.7. The van der Waals surface area contributed by atoms with E-state index in [0.29, 0.717) is 49.9 Å². The third-order valence-electron chi connectivity index (χ3n) is 7.20. The van der Waals surface area contributed by atoms with Gasteiger partial charge in [0.25, 0.3) is 5.56 Å². The standard InChI is InChI=1S/C26H35N5O4/c1-26(2,35-21-10-8-19(17-27)9-11-21)22(32)18-29-12-14-30(15-13-29)23-16-24(33)31(25(34)28-23)20-6-4-3-5-7-20/h8-11,16,20,22,32H,3-7,12-15,18H2,1-2H3,(H,28,34). The molecule has 2 heterocycles. The largest absolute Gasteiger partial charge is 0.485 e. The molecule has 1 saturated heterocycles. The summed E-state index contributed by atoms with van der Waals surface area (Å²) in [5.41, 5.74) is -0.810. The maximum atomic E-state index is 12.8. The van der Waals surface area contributed by atoms with Crippen LogP contribution in [0.3, 0.4) is 0 Å². The van der Waals surface area contributed by atoms with Crippen LogP contribution in [0.2, 0.25) is 0 Å². The first-order valence-corrected chi connectivity index (χ1v) is 12.5. The number of rotatable bonds is 7. The Labute approximate surface area is 205 Å². The molecule has 2 aromatic rings. The number of aliphatic hydroxyl groups is 1. The number of β-amino-alcohol motifs (C(OH)–C–C–N with tert-alkyl or cyclic N) is 1. The molecule has 35 heavy (non-hydrogen) atoms. The molecule has 2 N–H and O–H groups in total. The van der Waals surface area contributed by atoms with Crippen LogP contribution in [0.1, 0.15) is 57.6 Å². The molecule has 2 fully saturated rings. The summed E-state index contributed by atoms with van der Waals surface area (Å²) in [5, 5.41) is 19.8. The highest BCUT2D eigenvalue weighted by Gasteiger charge is 2.33. The van der Waals surface area contributed by atoms with E-state index in [4.69, 9.17) is 10.00 Å². The van der Waals surface area contributed by atoms with Crippen LogP contribution >= 0.6 is 0 Å². The van der Waals surface area contributed by atoms with Crippen LogP contribution in [0.5, 0.6) is 5.75 Å². The first-order valence-electron chi connectivity index (χ1n) is 12.5. The van der Waals surface area contributed by atoms with Crippen molar-refractivity contribution >= 4 is 5.82 Å². The molecule has 1 aliphatic carbocycles. The van der Waals surface area contributed by atoms with E-state index in [1.165, 1.54) is 11.0 Å². The average molecular weight is 482 g/mol. The third-order valence-corrected chi connectivity index (χ3v) is 7.20. The van der Waals surface area contributed by atoms with Crippen molar-refractivity contribution in [2.45, 2.75) is 63.7 Å². The first-order chi connectivity index (χ1) is 16.8. The molecule has 0 spiro atoms. The van der Waals surface area contributed by atoms with E-state index in [2.05, 4.69) is 16.0 Å². The molecule has 1 atom stereocenters. The molecular formula is C26H35N5O4. The molecule has 4 rings (SSSR count). The smallest absolute Gasteiger partial charge is 0.330 e. The number of hydrogen-bond donors (Lipinski definition) is 2. The van der Waals surface area contributed by atoms with Gasteiger partial charge in [0.1, 0.15) is 23.3 Å². The zero-order valence-corrected chi connectivity index (χ0v) is 20.6. The lowest BCUT2D eigenvalue weighted by atomic mass is 9.95. The molecule has 0 radical (unpaired) electrons. The summed E-state index contributed by atoms with van der Waals surface area (Å²) in [6.45, 7) is 6.81. The summed E-state index contributed by atoms with van der Waals surface area (Å²) in [4.78, 5) is 32.6. The maximum absolute atomic E-state index is 12.8. The summed E-state index contributed by atoms with van der Waals surface area (Å²) >= 11 is 0. The summed E-state index contributed by atoms with van der Waals surface area (Å²) in [7, 11) is 0. The lowest BCUT2D eigenvalue weighted by Crippen LogP contribution is -2.54. The SMILES string of the molecule is CC(C)(Oc1ccc(C#N)cc1)C(O)CN1CCN(c2cc(=O)n(C3CCCCC3)c(=O)[nH]2)CC1. The lowest BCUT2D eigenvalue weighted by Gasteiger charge is -2.39. The van der Waals surface area contributed by atoms with Gasteiger partial charge in [0.15, 0.2) is 0 Å². The van der Waals surface area contributed by atoms with Gasteiger partial charge in [-0.1, -0.05) is 19.3 Å². The highest BCUT2D eigenvalue weighted by Crippen LogP contribution is 2.26. The number of H-pyrrole nitrogens is 1. The third kappa shape index (κ3) is 5.95. The van der Waals surface area contributed by atoms with Crippen molar-refractivity contribution in [3.63, 3.8) is 0 Å². The Balaban J connectivity index is 1.33.